The molecule has 1 fully saturated rings. The Kier molecular flexibility index (Phi) is 6.71. The van der Waals surface area contributed by atoms with Crippen molar-refractivity contribution in [1.82, 2.24) is 15.1 Å². The van der Waals surface area contributed by atoms with Gasteiger partial charge in [0.15, 0.2) is 11.0 Å². The van der Waals surface area contributed by atoms with E-state index in [9.17, 15) is 14.7 Å². The van der Waals surface area contributed by atoms with Gasteiger partial charge < -0.3 is 15.2 Å². The number of likely N-dealkylation sites (tertiary alicyclic amines) is 1. The van der Waals surface area contributed by atoms with Gasteiger partial charge in [-0.05, 0) is 34.0 Å². The first-order valence-electron chi connectivity index (χ1n) is 9.02. The number of carboxylic acid groups (broad SMARTS) is 1. The summed E-state index contributed by atoms with van der Waals surface area (Å²) in [6.07, 6.45) is -1.05. The van der Waals surface area contributed by atoms with Crippen LogP contribution in [0.5, 0.6) is 0 Å². The zero-order valence-electron chi connectivity index (χ0n) is 15.6. The highest BCUT2D eigenvalue weighted by atomic mass is 79.9. The number of hydrogen-bond acceptors (Lipinski definition) is 5. The summed E-state index contributed by atoms with van der Waals surface area (Å²) in [6, 6.07) is 11.1. The third-order valence-electron chi connectivity index (χ3n) is 4.98. The molecule has 0 radical (unpaired) electrons. The van der Waals surface area contributed by atoms with E-state index in [1.54, 1.807) is 6.92 Å². The SMILES string of the molecule is CC[C@]1(C(=O)Nc2nnc(Cl)cc2Br)C[C@@H](OCc2ccccc2)CN1C(=O)O. The van der Waals surface area contributed by atoms with Crippen LogP contribution in [0.4, 0.5) is 10.6 Å². The molecule has 10 heteroatoms. The Labute approximate surface area is 181 Å². The van der Waals surface area contributed by atoms with Crippen molar-refractivity contribution in [2.75, 3.05) is 11.9 Å². The minimum absolute atomic E-state index is 0.108. The molecule has 0 aliphatic carbocycles. The summed E-state index contributed by atoms with van der Waals surface area (Å²) in [6.45, 7) is 2.23. The van der Waals surface area contributed by atoms with Crippen molar-refractivity contribution in [3.05, 3.63) is 51.6 Å². The van der Waals surface area contributed by atoms with Crippen molar-refractivity contribution in [2.45, 2.75) is 38.0 Å². The topological polar surface area (TPSA) is 105 Å². The maximum absolute atomic E-state index is 13.1. The van der Waals surface area contributed by atoms with E-state index >= 15 is 0 Å². The highest BCUT2D eigenvalue weighted by Crippen LogP contribution is 2.36. The fourth-order valence-electron chi connectivity index (χ4n) is 3.46. The first-order chi connectivity index (χ1) is 13.9. The Morgan fingerprint density at radius 1 is 1.38 bits per heavy atom. The van der Waals surface area contributed by atoms with E-state index in [0.29, 0.717) is 11.1 Å². The Morgan fingerprint density at radius 3 is 2.72 bits per heavy atom. The van der Waals surface area contributed by atoms with Crippen LogP contribution in [0.25, 0.3) is 0 Å². The third-order valence-corrected chi connectivity index (χ3v) is 5.77. The molecule has 154 valence electrons. The van der Waals surface area contributed by atoms with Crippen LogP contribution in [0.1, 0.15) is 25.3 Å². The molecule has 0 unspecified atom stereocenters. The monoisotopic (exact) mass is 482 g/mol. The smallest absolute Gasteiger partial charge is 0.408 e. The second-order valence-corrected chi connectivity index (χ2v) is 7.96. The van der Waals surface area contributed by atoms with Crippen molar-refractivity contribution >= 4 is 45.3 Å². The van der Waals surface area contributed by atoms with Crippen LogP contribution in [0, 0.1) is 0 Å². The van der Waals surface area contributed by atoms with E-state index in [4.69, 9.17) is 16.3 Å². The van der Waals surface area contributed by atoms with Crippen molar-refractivity contribution in [1.29, 1.82) is 0 Å². The lowest BCUT2D eigenvalue weighted by Crippen LogP contribution is -2.54. The first kappa shape index (κ1) is 21.5. The molecule has 0 bridgehead atoms. The molecule has 1 aromatic heterocycles. The molecule has 2 aromatic rings. The highest BCUT2D eigenvalue weighted by Gasteiger charge is 2.53. The molecule has 1 saturated heterocycles. The minimum Gasteiger partial charge on any atom is -0.465 e. The van der Waals surface area contributed by atoms with Crippen molar-refractivity contribution in [3.63, 3.8) is 0 Å². The van der Waals surface area contributed by atoms with E-state index in [-0.39, 0.29) is 30.4 Å². The van der Waals surface area contributed by atoms with Crippen LogP contribution in [0.3, 0.4) is 0 Å². The molecule has 29 heavy (non-hydrogen) atoms. The predicted molar refractivity (Wildman–Crippen MR) is 111 cm³/mol. The lowest BCUT2D eigenvalue weighted by molar-refractivity contribution is -0.126. The summed E-state index contributed by atoms with van der Waals surface area (Å²) in [5.41, 5.74) is -0.290. The Bertz CT molecular complexity index is 901. The van der Waals surface area contributed by atoms with Gasteiger partial charge in [0.05, 0.1) is 23.7 Å². The van der Waals surface area contributed by atoms with Crippen LogP contribution in [-0.2, 0) is 16.1 Å². The molecule has 0 saturated carbocycles. The van der Waals surface area contributed by atoms with Crippen molar-refractivity contribution in [2.24, 2.45) is 0 Å². The number of hydrogen-bond donors (Lipinski definition) is 2. The molecule has 2 heterocycles. The van der Waals surface area contributed by atoms with Gasteiger partial charge in [0.25, 0.3) is 5.91 Å². The standard InChI is InChI=1S/C19H20BrClN4O4/c1-2-19(17(26)22-16-14(20)8-15(21)23-24-16)9-13(10-25(19)18(27)28)29-11-12-6-4-3-5-7-12/h3-8,13H,2,9-11H2,1H3,(H,27,28)(H,22,24,26)/t13-,19-/m1/s1. The van der Waals surface area contributed by atoms with Gasteiger partial charge in [-0.25, -0.2) is 4.79 Å². The fourth-order valence-corrected chi connectivity index (χ4v) is 4.13. The summed E-state index contributed by atoms with van der Waals surface area (Å²) in [4.78, 5) is 26.2. The maximum Gasteiger partial charge on any atom is 0.408 e. The average molecular weight is 484 g/mol. The van der Waals surface area contributed by atoms with Crippen LogP contribution >= 0.6 is 27.5 Å². The number of carbonyl (C=O) groups is 2. The lowest BCUT2D eigenvalue weighted by Gasteiger charge is -2.33. The number of nitrogens with one attached hydrogen (secondary N) is 1. The summed E-state index contributed by atoms with van der Waals surface area (Å²) < 4.78 is 6.38. The van der Waals surface area contributed by atoms with Gasteiger partial charge in [0, 0.05) is 6.42 Å². The number of carbonyl (C=O) groups excluding carboxylic acids is 1. The van der Waals surface area contributed by atoms with E-state index in [1.807, 2.05) is 30.3 Å². The molecule has 3 rings (SSSR count). The molecule has 0 spiro atoms. The van der Waals surface area contributed by atoms with Crippen LogP contribution < -0.4 is 5.32 Å². The number of anilines is 1. The van der Waals surface area contributed by atoms with Gasteiger partial charge in [0.1, 0.15) is 5.54 Å². The molecule has 1 aliphatic heterocycles. The molecule has 8 nitrogen and oxygen atoms in total. The molecule has 1 aliphatic rings. The number of nitrogens with zero attached hydrogens (tertiary/aromatic N) is 3. The van der Waals surface area contributed by atoms with Gasteiger partial charge in [-0.3, -0.25) is 9.69 Å². The number of rotatable bonds is 6. The molecule has 2 N–H and O–H groups in total. The van der Waals surface area contributed by atoms with Gasteiger partial charge in [-0.15, -0.1) is 10.2 Å². The second kappa shape index (κ2) is 9.06. The normalized spacial score (nSPS) is 21.2. The van der Waals surface area contributed by atoms with E-state index < -0.39 is 23.6 Å². The van der Waals surface area contributed by atoms with Crippen LogP contribution in [0.2, 0.25) is 5.15 Å². The Balaban J connectivity index is 1.78. The number of ether oxygens (including phenoxy) is 1. The molecular formula is C19H20BrClN4O4. The first-order valence-corrected chi connectivity index (χ1v) is 10.2. The van der Waals surface area contributed by atoms with Gasteiger partial charge >= 0.3 is 6.09 Å². The predicted octanol–water partition coefficient (Wildman–Crippen LogP) is 3.95. The highest BCUT2D eigenvalue weighted by molar-refractivity contribution is 9.10. The van der Waals surface area contributed by atoms with Gasteiger partial charge in [-0.1, -0.05) is 48.9 Å². The van der Waals surface area contributed by atoms with E-state index in [1.165, 1.54) is 6.07 Å². The number of halogens is 2. The number of benzene rings is 1. The third kappa shape index (κ3) is 4.68. The van der Waals surface area contributed by atoms with E-state index in [2.05, 4.69) is 31.4 Å². The van der Waals surface area contributed by atoms with Gasteiger partial charge in [0.2, 0.25) is 0 Å². The molecule has 2 amide bonds. The number of amides is 2. The number of aromatic nitrogens is 2. The maximum atomic E-state index is 13.1. The second-order valence-electron chi connectivity index (χ2n) is 6.72. The molecule has 2 atom stereocenters. The minimum atomic E-state index is -1.27. The quantitative estimate of drug-likeness (QED) is 0.645. The zero-order valence-corrected chi connectivity index (χ0v) is 18.0. The Morgan fingerprint density at radius 2 is 2.10 bits per heavy atom. The van der Waals surface area contributed by atoms with Gasteiger partial charge in [-0.2, -0.15) is 0 Å². The fraction of sp³-hybridized carbons (Fsp3) is 0.368. The largest absolute Gasteiger partial charge is 0.465 e. The van der Waals surface area contributed by atoms with Crippen molar-refractivity contribution < 1.29 is 19.4 Å². The summed E-state index contributed by atoms with van der Waals surface area (Å²) in [5, 5.41) is 20.1. The lowest BCUT2D eigenvalue weighted by atomic mass is 9.91. The van der Waals surface area contributed by atoms with Crippen molar-refractivity contribution in [3.8, 4) is 0 Å². The van der Waals surface area contributed by atoms with E-state index in [0.717, 1.165) is 10.5 Å². The van der Waals surface area contributed by atoms with Crippen LogP contribution in [0.15, 0.2) is 40.9 Å². The van der Waals surface area contributed by atoms with Crippen LogP contribution in [-0.4, -0.2) is 50.4 Å². The molecule has 1 aromatic carbocycles. The zero-order chi connectivity index (χ0) is 21.0. The summed E-state index contributed by atoms with van der Waals surface area (Å²) >= 11 is 9.06. The molecular weight excluding hydrogens is 464 g/mol. The summed E-state index contributed by atoms with van der Waals surface area (Å²) in [5.74, 6) is -0.309. The average Bonchev–Trinajstić information content (AvgIpc) is 3.10. The summed E-state index contributed by atoms with van der Waals surface area (Å²) in [7, 11) is 0. The Hall–Kier alpha value is -2.23.